The van der Waals surface area contributed by atoms with Crippen LogP contribution < -0.4 is 24.8 Å². The molecule has 0 saturated heterocycles. The molecular weight excluding hydrogens is 810 g/mol. The fourth-order valence-corrected chi connectivity index (χ4v) is 7.87. The molecule has 0 spiro atoms. The first-order valence-electron chi connectivity index (χ1n) is 18.3. The number of allylic oxidation sites excluding steroid dienone is 4. The fourth-order valence-electron chi connectivity index (χ4n) is 6.80. The zero-order chi connectivity index (χ0) is 37.9. The average Bonchev–Trinajstić information content (AvgIpc) is 3.64. The van der Waals surface area contributed by atoms with Crippen LogP contribution in [0.4, 0.5) is 0 Å². The molecule has 0 bridgehead atoms. The summed E-state index contributed by atoms with van der Waals surface area (Å²) in [4.78, 5) is 0. The first-order chi connectivity index (χ1) is 23.7. The molecule has 1 aliphatic rings. The first-order valence-corrected chi connectivity index (χ1v) is 20.2. The van der Waals surface area contributed by atoms with Crippen molar-refractivity contribution >= 4 is 48.0 Å². The minimum atomic E-state index is 0. The maximum atomic E-state index is 5.86. The third-order valence-electron chi connectivity index (χ3n) is 9.58. The van der Waals surface area contributed by atoms with Crippen LogP contribution in [0.15, 0.2) is 96.6 Å². The van der Waals surface area contributed by atoms with E-state index in [4.69, 9.17) is 23.2 Å². The SMILES string of the molecule is CCCC1[C-]=CC(C(C)(C)C)=C1.Cc1cc2[cH-]c3cc(C)c(C(C)(C)C)cc3c2cc1C(C)(C)C.Clc1ccc([C](=[Zr+2])c2ccc(Cl)cc2)cc1.[Cl-].[Cl-]. The Labute approximate surface area is 358 Å². The van der Waals surface area contributed by atoms with Crippen molar-refractivity contribution in [1.29, 1.82) is 0 Å². The molecule has 0 nitrogen and oxygen atoms in total. The van der Waals surface area contributed by atoms with Crippen molar-refractivity contribution in [2.24, 2.45) is 11.3 Å². The fraction of sp³-hybridized carbons (Fsp3) is 0.375. The Morgan fingerprint density at radius 3 is 1.38 bits per heavy atom. The van der Waals surface area contributed by atoms with Crippen LogP contribution in [0.5, 0.6) is 0 Å². The molecule has 0 saturated carbocycles. The Hall–Kier alpha value is -1.86. The molecule has 1 atom stereocenters. The maximum Gasteiger partial charge on any atom is -1.00 e. The largest absolute Gasteiger partial charge is 1.00 e. The summed E-state index contributed by atoms with van der Waals surface area (Å²) in [6.45, 7) is 27.3. The summed E-state index contributed by atoms with van der Waals surface area (Å²) >= 11 is 13.1. The Morgan fingerprint density at radius 2 is 1.06 bits per heavy atom. The van der Waals surface area contributed by atoms with Crippen molar-refractivity contribution in [3.8, 4) is 0 Å². The van der Waals surface area contributed by atoms with E-state index in [1.54, 1.807) is 0 Å². The Balaban J connectivity index is 0.000000285. The molecule has 6 rings (SSSR count). The number of halogens is 4. The molecule has 0 fully saturated rings. The van der Waals surface area contributed by atoms with E-state index in [0.717, 1.165) is 10.0 Å². The summed E-state index contributed by atoms with van der Waals surface area (Å²) in [6.07, 6.45) is 10.4. The van der Waals surface area contributed by atoms with E-state index in [1.165, 1.54) is 101 Å². The van der Waals surface area contributed by atoms with Gasteiger partial charge in [-0.05, 0) is 24.7 Å². The zero-order valence-electron chi connectivity index (χ0n) is 33.7. The van der Waals surface area contributed by atoms with Gasteiger partial charge in [0.05, 0.1) is 0 Å². The molecule has 282 valence electrons. The van der Waals surface area contributed by atoms with Gasteiger partial charge in [-0.1, -0.05) is 128 Å². The van der Waals surface area contributed by atoms with Gasteiger partial charge >= 0.3 is 120 Å². The molecule has 53 heavy (non-hydrogen) atoms. The van der Waals surface area contributed by atoms with E-state index >= 15 is 0 Å². The second kappa shape index (κ2) is 19.3. The van der Waals surface area contributed by atoms with E-state index in [1.807, 2.05) is 48.5 Å². The van der Waals surface area contributed by atoms with Gasteiger partial charge in [-0.2, -0.15) is 11.6 Å². The Morgan fingerprint density at radius 1 is 0.660 bits per heavy atom. The predicted octanol–water partition coefficient (Wildman–Crippen LogP) is 8.79. The molecule has 0 heterocycles. The number of hydrogen-bond donors (Lipinski definition) is 0. The number of hydrogen-bond acceptors (Lipinski definition) is 0. The first kappa shape index (κ1) is 47.3. The topological polar surface area (TPSA) is 0 Å². The van der Waals surface area contributed by atoms with Crippen molar-refractivity contribution < 1.29 is 49.0 Å². The summed E-state index contributed by atoms with van der Waals surface area (Å²) in [6, 6.07) is 27.8. The summed E-state index contributed by atoms with van der Waals surface area (Å²) in [5.41, 5.74) is 10.2. The van der Waals surface area contributed by atoms with Crippen molar-refractivity contribution in [3.05, 3.63) is 146 Å². The molecule has 0 N–H and O–H groups in total. The third kappa shape index (κ3) is 12.6. The van der Waals surface area contributed by atoms with Crippen molar-refractivity contribution in [2.45, 2.75) is 107 Å². The molecule has 0 aliphatic heterocycles. The number of rotatable bonds is 4. The predicted molar refractivity (Wildman–Crippen MR) is 224 cm³/mol. The quantitative estimate of drug-likeness (QED) is 0.159. The van der Waals surface area contributed by atoms with E-state index in [0.29, 0.717) is 11.3 Å². The van der Waals surface area contributed by atoms with E-state index in [-0.39, 0.29) is 35.6 Å². The van der Waals surface area contributed by atoms with Crippen LogP contribution >= 0.6 is 23.2 Å². The van der Waals surface area contributed by atoms with Crippen molar-refractivity contribution in [2.75, 3.05) is 0 Å². The van der Waals surface area contributed by atoms with Crippen molar-refractivity contribution in [1.82, 2.24) is 0 Å². The number of benzene rings is 4. The van der Waals surface area contributed by atoms with Gasteiger partial charge in [0, 0.05) is 0 Å². The van der Waals surface area contributed by atoms with Gasteiger partial charge in [-0.15, -0.1) is 39.7 Å². The molecular formula is C48H56Cl4Zr-2. The van der Waals surface area contributed by atoms with Gasteiger partial charge in [-0.3, -0.25) is 6.08 Å². The van der Waals surface area contributed by atoms with Crippen LogP contribution in [0.25, 0.3) is 21.5 Å². The molecule has 1 aliphatic carbocycles. The zero-order valence-corrected chi connectivity index (χ0v) is 39.1. The Bertz CT molecular complexity index is 1920. The summed E-state index contributed by atoms with van der Waals surface area (Å²) < 4.78 is 1.31. The summed E-state index contributed by atoms with van der Waals surface area (Å²) in [5.74, 6) is 0.587. The van der Waals surface area contributed by atoms with Crippen LogP contribution in [0, 0.1) is 31.3 Å². The molecule has 0 amide bonds. The third-order valence-corrected chi connectivity index (χ3v) is 11.5. The second-order valence-electron chi connectivity index (χ2n) is 17.1. The minimum absolute atomic E-state index is 0. The molecule has 0 radical (unpaired) electrons. The summed E-state index contributed by atoms with van der Waals surface area (Å²) in [7, 11) is 0. The van der Waals surface area contributed by atoms with E-state index in [9.17, 15) is 0 Å². The van der Waals surface area contributed by atoms with Gasteiger partial charge in [-0.25, -0.2) is 6.08 Å². The molecule has 5 aromatic carbocycles. The second-order valence-corrected chi connectivity index (χ2v) is 19.2. The average molecular weight is 866 g/mol. The van der Waals surface area contributed by atoms with Crippen LogP contribution in [-0.4, -0.2) is 3.21 Å². The molecule has 1 unspecified atom stereocenters. The molecule has 5 heteroatoms. The van der Waals surface area contributed by atoms with Crippen LogP contribution in [0.3, 0.4) is 0 Å². The van der Waals surface area contributed by atoms with Crippen LogP contribution in [-0.2, 0) is 35.1 Å². The number of fused-ring (bicyclic) bond motifs is 3. The standard InChI is InChI=1S/C23H29.C13H8Cl2.C12H19.2ClH.Zr/c1-14-9-16-11-17-10-15(2)21(23(6,7)8)13-19(17)18(16)12-20(14)22(3,4)5;14-12-5-1-10(2-6-12)9-11-3-7-13(15)8-4-11;1-5-6-10-7-8-11(9-10)12(2,3)4;;;/h9-13H,1-8H3;1-8H;8-10H,5-6H2,1-4H3;2*1H;/q-1;;-1;;;+2/p-2. The van der Waals surface area contributed by atoms with E-state index < -0.39 is 0 Å². The van der Waals surface area contributed by atoms with Gasteiger partial charge in [0.2, 0.25) is 0 Å². The monoisotopic (exact) mass is 862 g/mol. The minimum Gasteiger partial charge on any atom is -1.00 e. The molecule has 5 aromatic rings. The smallest absolute Gasteiger partial charge is 1.00 e. The van der Waals surface area contributed by atoms with Gasteiger partial charge < -0.3 is 24.8 Å². The van der Waals surface area contributed by atoms with Crippen molar-refractivity contribution in [3.63, 3.8) is 0 Å². The number of aryl methyl sites for hydroxylation is 2. The maximum absolute atomic E-state index is 5.86. The Kier molecular flexibility index (Phi) is 17.3. The van der Waals surface area contributed by atoms with Crippen LogP contribution in [0.2, 0.25) is 10.0 Å². The van der Waals surface area contributed by atoms with Crippen LogP contribution in [0.1, 0.15) is 115 Å². The van der Waals surface area contributed by atoms with E-state index in [2.05, 4.69) is 132 Å². The van der Waals surface area contributed by atoms with Gasteiger partial charge in [0.1, 0.15) is 0 Å². The summed E-state index contributed by atoms with van der Waals surface area (Å²) in [5, 5.41) is 7.08. The van der Waals surface area contributed by atoms with Gasteiger partial charge in [0.25, 0.3) is 0 Å². The van der Waals surface area contributed by atoms with Gasteiger partial charge in [0.15, 0.2) is 0 Å². The molecule has 0 aromatic heterocycles. The normalized spacial score (nSPS) is 14.0.